The molecule has 0 aliphatic carbocycles. The van der Waals surface area contributed by atoms with Gasteiger partial charge in [-0.1, -0.05) is 6.92 Å². The van der Waals surface area contributed by atoms with Crippen molar-refractivity contribution in [1.82, 2.24) is 3.97 Å². The zero-order chi connectivity index (χ0) is 20.6. The van der Waals surface area contributed by atoms with Crippen LogP contribution in [0.2, 0.25) is 0 Å². The van der Waals surface area contributed by atoms with Crippen LogP contribution in [0.25, 0.3) is 10.9 Å². The van der Waals surface area contributed by atoms with Crippen molar-refractivity contribution >= 4 is 42.6 Å². The Morgan fingerprint density at radius 3 is 2.22 bits per heavy atom. The van der Waals surface area contributed by atoms with Crippen LogP contribution in [0, 0.1) is 6.92 Å². The van der Waals surface area contributed by atoms with Crippen molar-refractivity contribution < 1.29 is 26.4 Å². The number of nitrogens with zero attached hydrogens (tertiary/aromatic N) is 1. The number of fused-ring (bicyclic) bond motifs is 1. The van der Waals surface area contributed by atoms with E-state index >= 15 is 0 Å². The summed E-state index contributed by atoms with van der Waals surface area (Å²) in [6.07, 6.45) is 0.285. The number of carbonyl (C=O) groups excluding carboxylic acids is 1. The molecule has 27 heavy (non-hydrogen) atoms. The molecule has 0 aliphatic heterocycles. The molecular weight excluding hydrogens is 392 g/mol. The zero-order valence-corrected chi connectivity index (χ0v) is 17.6. The Bertz CT molecular complexity index is 1100. The fraction of sp³-hybridized carbons (Fsp3) is 0.471. The number of esters is 1. The van der Waals surface area contributed by atoms with Gasteiger partial charge in [-0.2, -0.15) is 0 Å². The fourth-order valence-electron chi connectivity index (χ4n) is 2.91. The van der Waals surface area contributed by atoms with E-state index < -0.39 is 26.0 Å². The molecule has 2 rings (SSSR count). The van der Waals surface area contributed by atoms with Gasteiger partial charge in [0.05, 0.1) is 35.4 Å². The van der Waals surface area contributed by atoms with Gasteiger partial charge in [0.1, 0.15) is 0 Å². The van der Waals surface area contributed by atoms with E-state index in [0.717, 1.165) is 0 Å². The molecule has 1 N–H and O–H groups in total. The predicted octanol–water partition coefficient (Wildman–Crippen LogP) is 2.26. The highest BCUT2D eigenvalue weighted by atomic mass is 32.2. The van der Waals surface area contributed by atoms with E-state index in [2.05, 4.69) is 4.72 Å². The van der Waals surface area contributed by atoms with Gasteiger partial charge in [0, 0.05) is 11.1 Å². The molecule has 10 heteroatoms. The van der Waals surface area contributed by atoms with Crippen LogP contribution in [-0.2, 0) is 31.2 Å². The summed E-state index contributed by atoms with van der Waals surface area (Å²) < 4.78 is 57.8. The normalized spacial score (nSPS) is 12.3. The van der Waals surface area contributed by atoms with Gasteiger partial charge >= 0.3 is 5.97 Å². The molecule has 0 saturated carbocycles. The molecule has 0 amide bonds. The molecule has 0 fully saturated rings. The van der Waals surface area contributed by atoms with Crippen LogP contribution >= 0.6 is 0 Å². The second-order valence-electron chi connectivity index (χ2n) is 6.02. The first kappa shape index (κ1) is 21.2. The Balaban J connectivity index is 2.98. The number of sulfonamides is 1. The summed E-state index contributed by atoms with van der Waals surface area (Å²) in [5, 5.41) is 0.329. The lowest BCUT2D eigenvalue weighted by Crippen LogP contribution is -2.18. The predicted molar refractivity (Wildman–Crippen MR) is 105 cm³/mol. The monoisotopic (exact) mass is 416 g/mol. The van der Waals surface area contributed by atoms with E-state index in [9.17, 15) is 21.6 Å². The number of ether oxygens (including phenoxy) is 1. The molecule has 0 saturated heterocycles. The van der Waals surface area contributed by atoms with Gasteiger partial charge < -0.3 is 4.74 Å². The van der Waals surface area contributed by atoms with Crippen molar-refractivity contribution in [3.8, 4) is 0 Å². The third kappa shape index (κ3) is 3.81. The van der Waals surface area contributed by atoms with Gasteiger partial charge in [-0.15, -0.1) is 0 Å². The van der Waals surface area contributed by atoms with Gasteiger partial charge in [0.15, 0.2) is 0 Å². The maximum absolute atomic E-state index is 12.7. The van der Waals surface area contributed by atoms with Gasteiger partial charge in [0.2, 0.25) is 20.0 Å². The summed E-state index contributed by atoms with van der Waals surface area (Å²) in [4.78, 5) is 12.4. The average molecular weight is 417 g/mol. The number of carbonyl (C=O) groups is 1. The number of rotatable bonds is 7. The highest BCUT2D eigenvalue weighted by Gasteiger charge is 2.28. The maximum atomic E-state index is 12.7. The van der Waals surface area contributed by atoms with E-state index in [-0.39, 0.29) is 23.5 Å². The van der Waals surface area contributed by atoms with E-state index in [1.165, 1.54) is 31.0 Å². The number of anilines is 1. The van der Waals surface area contributed by atoms with Crippen molar-refractivity contribution in [2.45, 2.75) is 34.1 Å². The highest BCUT2D eigenvalue weighted by Crippen LogP contribution is 2.33. The Kier molecular flexibility index (Phi) is 5.91. The van der Waals surface area contributed by atoms with E-state index in [0.29, 0.717) is 27.8 Å². The minimum Gasteiger partial charge on any atom is -0.465 e. The second kappa shape index (κ2) is 7.51. The standard InChI is InChI=1S/C17H24N2O6S2/c1-6-14-16(17(20)25-5)12-10-13(18-26(21,22)7-2)11(4)9-15(12)19(14)27(23,24)8-3/h9-10,18H,6-8H2,1-5H3. The molecule has 1 aromatic carbocycles. The summed E-state index contributed by atoms with van der Waals surface area (Å²) in [5.41, 5.74) is 1.61. The molecule has 1 aromatic heterocycles. The van der Waals surface area contributed by atoms with Crippen molar-refractivity contribution in [2.75, 3.05) is 23.3 Å². The molecule has 0 unspecified atom stereocenters. The van der Waals surface area contributed by atoms with Gasteiger partial charge in [-0.05, 0) is 44.9 Å². The lowest BCUT2D eigenvalue weighted by atomic mass is 10.1. The first-order chi connectivity index (χ1) is 12.5. The lowest BCUT2D eigenvalue weighted by molar-refractivity contribution is 0.0601. The molecule has 0 radical (unpaired) electrons. The number of benzene rings is 1. The average Bonchev–Trinajstić information content (AvgIpc) is 2.94. The van der Waals surface area contributed by atoms with Gasteiger partial charge in [0.25, 0.3) is 0 Å². The minimum absolute atomic E-state index is 0.111. The molecule has 150 valence electrons. The SMILES string of the molecule is CCc1c(C(=O)OC)c2cc(NS(=O)(=O)CC)c(C)cc2n1S(=O)(=O)CC. The van der Waals surface area contributed by atoms with Crippen LogP contribution < -0.4 is 4.72 Å². The molecule has 0 aliphatic rings. The Labute approximate surface area is 159 Å². The van der Waals surface area contributed by atoms with Crippen molar-refractivity contribution in [3.05, 3.63) is 29.0 Å². The topological polar surface area (TPSA) is 112 Å². The van der Waals surface area contributed by atoms with Crippen LogP contribution in [-0.4, -0.2) is 45.4 Å². The Morgan fingerprint density at radius 1 is 1.11 bits per heavy atom. The third-order valence-electron chi connectivity index (χ3n) is 4.38. The first-order valence-corrected chi connectivity index (χ1v) is 11.8. The summed E-state index contributed by atoms with van der Waals surface area (Å²) >= 11 is 0. The van der Waals surface area contributed by atoms with Crippen LogP contribution in [0.3, 0.4) is 0 Å². The maximum Gasteiger partial charge on any atom is 0.340 e. The van der Waals surface area contributed by atoms with Crippen molar-refractivity contribution in [1.29, 1.82) is 0 Å². The number of methoxy groups -OCH3 is 1. The molecule has 0 atom stereocenters. The number of hydrogen-bond donors (Lipinski definition) is 1. The zero-order valence-electron chi connectivity index (χ0n) is 16.0. The summed E-state index contributed by atoms with van der Waals surface area (Å²) in [7, 11) is -6.01. The van der Waals surface area contributed by atoms with E-state index in [1.54, 1.807) is 19.9 Å². The number of hydrogen-bond acceptors (Lipinski definition) is 6. The second-order valence-corrected chi connectivity index (χ2v) is 10.1. The Hall–Kier alpha value is -2.07. The number of aromatic nitrogens is 1. The quantitative estimate of drug-likeness (QED) is 0.693. The molecule has 2 aromatic rings. The van der Waals surface area contributed by atoms with E-state index in [1.807, 2.05) is 0 Å². The fourth-order valence-corrected chi connectivity index (χ4v) is 4.87. The largest absolute Gasteiger partial charge is 0.465 e. The molecule has 0 bridgehead atoms. The van der Waals surface area contributed by atoms with Crippen molar-refractivity contribution in [2.24, 2.45) is 0 Å². The highest BCUT2D eigenvalue weighted by molar-refractivity contribution is 7.92. The molecular formula is C17H24N2O6S2. The summed E-state index contributed by atoms with van der Waals surface area (Å²) in [6, 6.07) is 3.06. The van der Waals surface area contributed by atoms with Crippen LogP contribution in [0.1, 0.15) is 42.4 Å². The molecule has 1 heterocycles. The Morgan fingerprint density at radius 2 is 1.74 bits per heavy atom. The van der Waals surface area contributed by atoms with Crippen LogP contribution in [0.5, 0.6) is 0 Å². The summed E-state index contributed by atoms with van der Waals surface area (Å²) in [5.74, 6) is -0.928. The van der Waals surface area contributed by atoms with Crippen LogP contribution in [0.15, 0.2) is 12.1 Å². The smallest absolute Gasteiger partial charge is 0.340 e. The molecule has 8 nitrogen and oxygen atoms in total. The minimum atomic E-state index is -3.69. The number of aryl methyl sites for hydroxylation is 1. The number of nitrogens with one attached hydrogen (secondary N) is 1. The van der Waals surface area contributed by atoms with Gasteiger partial charge in [-0.3, -0.25) is 4.72 Å². The van der Waals surface area contributed by atoms with Crippen molar-refractivity contribution in [3.63, 3.8) is 0 Å². The lowest BCUT2D eigenvalue weighted by Gasteiger charge is -2.12. The third-order valence-corrected chi connectivity index (χ3v) is 7.37. The van der Waals surface area contributed by atoms with Crippen LogP contribution in [0.4, 0.5) is 5.69 Å². The summed E-state index contributed by atoms with van der Waals surface area (Å²) in [6.45, 7) is 6.45. The van der Waals surface area contributed by atoms with E-state index in [4.69, 9.17) is 4.74 Å². The first-order valence-electron chi connectivity index (χ1n) is 8.52. The molecule has 0 spiro atoms. The van der Waals surface area contributed by atoms with Gasteiger partial charge in [-0.25, -0.2) is 25.6 Å².